The summed E-state index contributed by atoms with van der Waals surface area (Å²) in [4.78, 5) is 16.7. The van der Waals surface area contributed by atoms with Gasteiger partial charge >= 0.3 is 0 Å². The third-order valence-corrected chi connectivity index (χ3v) is 3.61. The summed E-state index contributed by atoms with van der Waals surface area (Å²) in [6, 6.07) is 7.37. The van der Waals surface area contributed by atoms with Gasteiger partial charge < -0.3 is 15.4 Å². The number of benzene rings is 1. The SMILES string of the molecule is COc1ccccc1NC(=O)c1cncc2c1CCNC2. The van der Waals surface area contributed by atoms with Gasteiger partial charge in [-0.3, -0.25) is 9.78 Å². The average Bonchev–Trinajstić information content (AvgIpc) is 2.54. The molecule has 2 heterocycles. The number of methoxy groups -OCH3 is 1. The van der Waals surface area contributed by atoms with E-state index in [9.17, 15) is 4.79 Å². The Hall–Kier alpha value is -2.40. The Kier molecular flexibility index (Phi) is 3.83. The van der Waals surface area contributed by atoms with Crippen molar-refractivity contribution in [3.05, 3.63) is 53.3 Å². The highest BCUT2D eigenvalue weighted by Gasteiger charge is 2.18. The molecular weight excluding hydrogens is 266 g/mol. The first-order valence-corrected chi connectivity index (χ1v) is 6.90. The Morgan fingerprint density at radius 2 is 2.19 bits per heavy atom. The number of anilines is 1. The number of nitrogens with one attached hydrogen (secondary N) is 2. The zero-order valence-electron chi connectivity index (χ0n) is 11.8. The van der Waals surface area contributed by atoms with Crippen LogP contribution in [-0.2, 0) is 13.0 Å². The maximum atomic E-state index is 12.5. The Bertz CT molecular complexity index is 670. The number of fused-ring (bicyclic) bond motifs is 1. The number of carbonyl (C=O) groups excluding carboxylic acids is 1. The second-order valence-corrected chi connectivity index (χ2v) is 4.91. The summed E-state index contributed by atoms with van der Waals surface area (Å²) in [5.74, 6) is 0.496. The van der Waals surface area contributed by atoms with Gasteiger partial charge in [0, 0.05) is 18.9 Å². The quantitative estimate of drug-likeness (QED) is 0.904. The van der Waals surface area contributed by atoms with Crippen molar-refractivity contribution >= 4 is 11.6 Å². The molecule has 0 saturated carbocycles. The van der Waals surface area contributed by atoms with Gasteiger partial charge in [-0.05, 0) is 36.2 Å². The monoisotopic (exact) mass is 283 g/mol. The van der Waals surface area contributed by atoms with Crippen LogP contribution in [0.25, 0.3) is 0 Å². The number of ether oxygens (including phenoxy) is 1. The number of para-hydroxylation sites is 2. The first-order valence-electron chi connectivity index (χ1n) is 6.90. The van der Waals surface area contributed by atoms with E-state index in [2.05, 4.69) is 15.6 Å². The maximum absolute atomic E-state index is 12.5. The second-order valence-electron chi connectivity index (χ2n) is 4.91. The molecule has 5 heteroatoms. The summed E-state index contributed by atoms with van der Waals surface area (Å²) in [6.07, 6.45) is 4.29. The van der Waals surface area contributed by atoms with Gasteiger partial charge in [0.15, 0.2) is 0 Å². The molecule has 0 radical (unpaired) electrons. The van der Waals surface area contributed by atoms with Gasteiger partial charge in [-0.2, -0.15) is 0 Å². The highest BCUT2D eigenvalue weighted by molar-refractivity contribution is 6.06. The minimum absolute atomic E-state index is 0.147. The number of hydrogen-bond acceptors (Lipinski definition) is 4. The fourth-order valence-corrected chi connectivity index (χ4v) is 2.55. The number of pyridine rings is 1. The molecule has 0 aliphatic carbocycles. The lowest BCUT2D eigenvalue weighted by Crippen LogP contribution is -2.27. The number of aromatic nitrogens is 1. The molecule has 1 amide bonds. The van der Waals surface area contributed by atoms with E-state index in [1.807, 2.05) is 30.5 Å². The molecule has 0 unspecified atom stereocenters. The summed E-state index contributed by atoms with van der Waals surface area (Å²) in [5.41, 5.74) is 3.47. The van der Waals surface area contributed by atoms with Crippen LogP contribution in [0.2, 0.25) is 0 Å². The van der Waals surface area contributed by atoms with Crippen LogP contribution >= 0.6 is 0 Å². The van der Waals surface area contributed by atoms with Crippen molar-refractivity contribution in [2.75, 3.05) is 19.0 Å². The topological polar surface area (TPSA) is 63.2 Å². The largest absolute Gasteiger partial charge is 0.495 e. The van der Waals surface area contributed by atoms with E-state index in [1.54, 1.807) is 13.3 Å². The highest BCUT2D eigenvalue weighted by atomic mass is 16.5. The van der Waals surface area contributed by atoms with E-state index < -0.39 is 0 Å². The molecule has 2 aromatic rings. The molecule has 1 aliphatic heterocycles. The van der Waals surface area contributed by atoms with Gasteiger partial charge in [0.25, 0.3) is 5.91 Å². The average molecular weight is 283 g/mol. The van der Waals surface area contributed by atoms with Crippen LogP contribution in [-0.4, -0.2) is 24.5 Å². The minimum Gasteiger partial charge on any atom is -0.495 e. The predicted molar refractivity (Wildman–Crippen MR) is 80.6 cm³/mol. The first-order chi connectivity index (χ1) is 10.3. The normalized spacial score (nSPS) is 13.4. The zero-order chi connectivity index (χ0) is 14.7. The van der Waals surface area contributed by atoms with Crippen LogP contribution in [0, 0.1) is 0 Å². The molecule has 0 saturated heterocycles. The van der Waals surface area contributed by atoms with Gasteiger partial charge in [-0.15, -0.1) is 0 Å². The summed E-state index contributed by atoms with van der Waals surface area (Å²) in [5, 5.41) is 6.19. The molecule has 0 atom stereocenters. The second kappa shape index (κ2) is 5.93. The molecule has 3 rings (SSSR count). The van der Waals surface area contributed by atoms with E-state index in [4.69, 9.17) is 4.74 Å². The lowest BCUT2D eigenvalue weighted by molar-refractivity contribution is 0.102. The van der Waals surface area contributed by atoms with E-state index in [0.717, 1.165) is 30.6 Å². The first kappa shape index (κ1) is 13.6. The Morgan fingerprint density at radius 1 is 1.33 bits per heavy atom. The molecule has 1 aliphatic rings. The lowest BCUT2D eigenvalue weighted by Gasteiger charge is -2.19. The molecule has 1 aromatic heterocycles. The van der Waals surface area contributed by atoms with Gasteiger partial charge in [0.05, 0.1) is 18.4 Å². The molecule has 0 fully saturated rings. The maximum Gasteiger partial charge on any atom is 0.257 e. The predicted octanol–water partition coefficient (Wildman–Crippen LogP) is 1.99. The summed E-state index contributed by atoms with van der Waals surface area (Å²) < 4.78 is 5.25. The Balaban J connectivity index is 1.89. The van der Waals surface area contributed by atoms with E-state index >= 15 is 0 Å². The summed E-state index contributed by atoms with van der Waals surface area (Å²) >= 11 is 0. The zero-order valence-corrected chi connectivity index (χ0v) is 11.8. The van der Waals surface area contributed by atoms with Gasteiger partial charge in [0.2, 0.25) is 0 Å². The fraction of sp³-hybridized carbons (Fsp3) is 0.250. The van der Waals surface area contributed by atoms with Crippen LogP contribution < -0.4 is 15.4 Å². The summed E-state index contributed by atoms with van der Waals surface area (Å²) in [6.45, 7) is 1.64. The van der Waals surface area contributed by atoms with Crippen molar-refractivity contribution in [1.82, 2.24) is 10.3 Å². The van der Waals surface area contributed by atoms with Gasteiger partial charge in [0.1, 0.15) is 5.75 Å². The molecule has 108 valence electrons. The fourth-order valence-electron chi connectivity index (χ4n) is 2.55. The number of rotatable bonds is 3. The van der Waals surface area contributed by atoms with E-state index in [-0.39, 0.29) is 5.91 Å². The van der Waals surface area contributed by atoms with Gasteiger partial charge in [-0.25, -0.2) is 0 Å². The third-order valence-electron chi connectivity index (χ3n) is 3.61. The van der Waals surface area contributed by atoms with Crippen LogP contribution in [0.1, 0.15) is 21.5 Å². The highest BCUT2D eigenvalue weighted by Crippen LogP contribution is 2.25. The third kappa shape index (κ3) is 2.73. The Labute approximate surface area is 123 Å². The number of amides is 1. The molecule has 2 N–H and O–H groups in total. The van der Waals surface area contributed by atoms with Crippen molar-refractivity contribution in [2.45, 2.75) is 13.0 Å². The van der Waals surface area contributed by atoms with Crippen LogP contribution in [0.3, 0.4) is 0 Å². The van der Waals surface area contributed by atoms with Crippen molar-refractivity contribution < 1.29 is 9.53 Å². The van der Waals surface area contributed by atoms with E-state index in [1.165, 1.54) is 0 Å². The lowest BCUT2D eigenvalue weighted by atomic mass is 9.98. The molecule has 5 nitrogen and oxygen atoms in total. The van der Waals surface area contributed by atoms with E-state index in [0.29, 0.717) is 17.0 Å². The van der Waals surface area contributed by atoms with Crippen molar-refractivity contribution in [2.24, 2.45) is 0 Å². The van der Waals surface area contributed by atoms with Crippen molar-refractivity contribution in [3.63, 3.8) is 0 Å². The minimum atomic E-state index is -0.147. The number of hydrogen-bond donors (Lipinski definition) is 2. The summed E-state index contributed by atoms with van der Waals surface area (Å²) in [7, 11) is 1.59. The van der Waals surface area contributed by atoms with Crippen LogP contribution in [0.5, 0.6) is 5.75 Å². The van der Waals surface area contributed by atoms with Crippen LogP contribution in [0.4, 0.5) is 5.69 Å². The molecule has 21 heavy (non-hydrogen) atoms. The van der Waals surface area contributed by atoms with Crippen molar-refractivity contribution in [1.29, 1.82) is 0 Å². The standard InChI is InChI=1S/C16H17N3O2/c1-21-15-5-3-2-4-14(15)19-16(20)13-10-18-9-11-8-17-7-6-12(11)13/h2-5,9-10,17H,6-8H2,1H3,(H,19,20). The van der Waals surface area contributed by atoms with Crippen molar-refractivity contribution in [3.8, 4) is 5.75 Å². The number of carbonyl (C=O) groups is 1. The smallest absolute Gasteiger partial charge is 0.257 e. The number of nitrogens with zero attached hydrogens (tertiary/aromatic N) is 1. The van der Waals surface area contributed by atoms with Crippen LogP contribution in [0.15, 0.2) is 36.7 Å². The van der Waals surface area contributed by atoms with Gasteiger partial charge in [-0.1, -0.05) is 12.1 Å². The molecular formula is C16H17N3O2. The molecule has 0 bridgehead atoms. The molecule has 0 spiro atoms. The molecule has 1 aromatic carbocycles. The Morgan fingerprint density at radius 3 is 3.05 bits per heavy atom.